The van der Waals surface area contributed by atoms with Crippen molar-refractivity contribution in [2.24, 2.45) is 0 Å². The predicted octanol–water partition coefficient (Wildman–Crippen LogP) is 4.96. The van der Waals surface area contributed by atoms with Gasteiger partial charge in [0, 0.05) is 6.54 Å². The fourth-order valence-electron chi connectivity index (χ4n) is 2.03. The molecule has 0 heterocycles. The van der Waals surface area contributed by atoms with Gasteiger partial charge in [-0.05, 0) is 86.8 Å². The quantitative estimate of drug-likeness (QED) is 0.743. The molecule has 21 heavy (non-hydrogen) atoms. The molecule has 2 nitrogen and oxygen atoms in total. The van der Waals surface area contributed by atoms with Gasteiger partial charge in [-0.2, -0.15) is 0 Å². The van der Waals surface area contributed by atoms with Gasteiger partial charge in [0.25, 0.3) is 0 Å². The molecule has 0 bridgehead atoms. The Balaban J connectivity index is 2.16. The summed E-state index contributed by atoms with van der Waals surface area (Å²) in [6.45, 7) is 3.06. The number of aryl methyl sites for hydroxylation is 1. The third kappa shape index (κ3) is 4.28. The zero-order chi connectivity index (χ0) is 15.4. The minimum Gasteiger partial charge on any atom is -0.487 e. The molecule has 0 radical (unpaired) electrons. The smallest absolute Gasteiger partial charge is 0.148 e. The maximum atomic E-state index is 13.1. The molecule has 2 aromatic rings. The molecular weight excluding hydrogens is 401 g/mol. The van der Waals surface area contributed by atoms with Crippen molar-refractivity contribution < 1.29 is 9.13 Å². The Morgan fingerprint density at radius 2 is 1.81 bits per heavy atom. The molecule has 0 aliphatic carbocycles. The Hall–Kier alpha value is -0.910. The van der Waals surface area contributed by atoms with Crippen LogP contribution in [0.25, 0.3) is 0 Å². The fourth-order valence-corrected chi connectivity index (χ4v) is 3.54. The molecule has 2 rings (SSSR count). The van der Waals surface area contributed by atoms with Crippen LogP contribution in [0.2, 0.25) is 0 Å². The summed E-state index contributed by atoms with van der Waals surface area (Å²) in [6, 6.07) is 8.76. The van der Waals surface area contributed by atoms with Gasteiger partial charge in [0.05, 0.1) is 8.95 Å². The maximum absolute atomic E-state index is 13.1. The van der Waals surface area contributed by atoms with Gasteiger partial charge in [0.15, 0.2) is 0 Å². The van der Waals surface area contributed by atoms with E-state index in [0.29, 0.717) is 6.61 Å². The fraction of sp³-hybridized carbons (Fsp3) is 0.250. The summed E-state index contributed by atoms with van der Waals surface area (Å²) in [7, 11) is 1.91. The average molecular weight is 417 g/mol. The molecule has 0 aromatic heterocycles. The molecule has 0 saturated carbocycles. The van der Waals surface area contributed by atoms with Crippen molar-refractivity contribution in [3.8, 4) is 5.75 Å². The van der Waals surface area contributed by atoms with Crippen LogP contribution in [0.15, 0.2) is 39.3 Å². The van der Waals surface area contributed by atoms with E-state index in [1.165, 1.54) is 12.1 Å². The van der Waals surface area contributed by atoms with Crippen molar-refractivity contribution in [1.82, 2.24) is 5.32 Å². The molecule has 0 unspecified atom stereocenters. The van der Waals surface area contributed by atoms with Gasteiger partial charge >= 0.3 is 0 Å². The standard InChI is InChI=1S/C16H16Br2FNO/c1-10-5-13(19)4-3-12(10)9-21-16-14(17)6-11(8-20-2)7-15(16)18/h3-7,20H,8-9H2,1-2H3. The summed E-state index contributed by atoms with van der Waals surface area (Å²) in [4.78, 5) is 0. The van der Waals surface area contributed by atoms with Crippen molar-refractivity contribution in [2.75, 3.05) is 7.05 Å². The van der Waals surface area contributed by atoms with Crippen molar-refractivity contribution in [1.29, 1.82) is 0 Å². The zero-order valence-corrected chi connectivity index (χ0v) is 15.0. The largest absolute Gasteiger partial charge is 0.487 e. The lowest BCUT2D eigenvalue weighted by Gasteiger charge is -2.13. The molecule has 0 aliphatic heterocycles. The van der Waals surface area contributed by atoms with Crippen LogP contribution in [0.4, 0.5) is 4.39 Å². The Morgan fingerprint density at radius 3 is 2.38 bits per heavy atom. The second kappa shape index (κ2) is 7.38. The first-order valence-corrected chi connectivity index (χ1v) is 8.10. The third-order valence-electron chi connectivity index (χ3n) is 3.12. The van der Waals surface area contributed by atoms with Crippen LogP contribution in [-0.2, 0) is 13.2 Å². The average Bonchev–Trinajstić information content (AvgIpc) is 2.40. The monoisotopic (exact) mass is 415 g/mol. The second-order valence-electron chi connectivity index (χ2n) is 4.78. The summed E-state index contributed by atoms with van der Waals surface area (Å²) in [5.41, 5.74) is 3.00. The molecule has 5 heteroatoms. The molecule has 0 atom stereocenters. The highest BCUT2D eigenvalue weighted by atomic mass is 79.9. The Morgan fingerprint density at radius 1 is 1.14 bits per heavy atom. The van der Waals surface area contributed by atoms with Gasteiger partial charge in [-0.15, -0.1) is 0 Å². The Kier molecular flexibility index (Phi) is 5.79. The van der Waals surface area contributed by atoms with Crippen LogP contribution in [0.5, 0.6) is 5.75 Å². The Labute approximate surface area is 141 Å². The first kappa shape index (κ1) is 16.5. The Bertz CT molecular complexity index is 623. The van der Waals surface area contributed by atoms with Crippen LogP contribution < -0.4 is 10.1 Å². The molecule has 0 amide bonds. The van der Waals surface area contributed by atoms with Gasteiger partial charge < -0.3 is 10.1 Å². The van der Waals surface area contributed by atoms with Gasteiger partial charge in [-0.3, -0.25) is 0 Å². The highest BCUT2D eigenvalue weighted by molar-refractivity contribution is 9.11. The minimum absolute atomic E-state index is 0.227. The van der Waals surface area contributed by atoms with Crippen LogP contribution in [0, 0.1) is 12.7 Å². The first-order valence-electron chi connectivity index (χ1n) is 6.51. The van der Waals surface area contributed by atoms with Gasteiger partial charge in [-0.1, -0.05) is 6.07 Å². The molecule has 0 aliphatic rings. The van der Waals surface area contributed by atoms with Crippen LogP contribution >= 0.6 is 31.9 Å². The van der Waals surface area contributed by atoms with E-state index in [-0.39, 0.29) is 5.82 Å². The first-order chi connectivity index (χ1) is 10.0. The van der Waals surface area contributed by atoms with E-state index in [1.54, 1.807) is 6.07 Å². The summed E-state index contributed by atoms with van der Waals surface area (Å²) < 4.78 is 20.7. The molecule has 1 N–H and O–H groups in total. The lowest BCUT2D eigenvalue weighted by Crippen LogP contribution is -2.06. The third-order valence-corrected chi connectivity index (χ3v) is 4.29. The summed E-state index contributed by atoms with van der Waals surface area (Å²) >= 11 is 7.06. The summed E-state index contributed by atoms with van der Waals surface area (Å²) in [5, 5.41) is 3.11. The second-order valence-corrected chi connectivity index (χ2v) is 6.49. The van der Waals surface area contributed by atoms with E-state index >= 15 is 0 Å². The van der Waals surface area contributed by atoms with E-state index in [1.807, 2.05) is 26.1 Å². The van der Waals surface area contributed by atoms with Crippen LogP contribution in [0.1, 0.15) is 16.7 Å². The molecule has 0 fully saturated rings. The summed E-state index contributed by atoms with van der Waals surface area (Å²) in [5.74, 6) is 0.522. The van der Waals surface area contributed by atoms with E-state index in [0.717, 1.165) is 37.9 Å². The van der Waals surface area contributed by atoms with E-state index in [9.17, 15) is 4.39 Å². The number of rotatable bonds is 5. The molecule has 2 aromatic carbocycles. The van der Waals surface area contributed by atoms with Crippen molar-refractivity contribution in [2.45, 2.75) is 20.1 Å². The predicted molar refractivity (Wildman–Crippen MR) is 90.1 cm³/mol. The van der Waals surface area contributed by atoms with Crippen LogP contribution in [0.3, 0.4) is 0 Å². The SMILES string of the molecule is CNCc1cc(Br)c(OCc2ccc(F)cc2C)c(Br)c1. The maximum Gasteiger partial charge on any atom is 0.148 e. The number of benzene rings is 2. The number of halogens is 3. The molecule has 0 saturated heterocycles. The van der Waals surface area contributed by atoms with Crippen molar-refractivity contribution in [3.63, 3.8) is 0 Å². The van der Waals surface area contributed by atoms with Gasteiger partial charge in [0.1, 0.15) is 18.2 Å². The van der Waals surface area contributed by atoms with E-state index in [4.69, 9.17) is 4.74 Å². The summed E-state index contributed by atoms with van der Waals surface area (Å²) in [6.07, 6.45) is 0. The molecular formula is C16H16Br2FNO. The van der Waals surface area contributed by atoms with Crippen molar-refractivity contribution in [3.05, 3.63) is 61.8 Å². The topological polar surface area (TPSA) is 21.3 Å². The number of nitrogens with one attached hydrogen (secondary N) is 1. The van der Waals surface area contributed by atoms with Gasteiger partial charge in [0.2, 0.25) is 0 Å². The van der Waals surface area contributed by atoms with E-state index < -0.39 is 0 Å². The number of ether oxygens (including phenoxy) is 1. The highest BCUT2D eigenvalue weighted by Crippen LogP contribution is 2.35. The van der Waals surface area contributed by atoms with E-state index in [2.05, 4.69) is 37.2 Å². The highest BCUT2D eigenvalue weighted by Gasteiger charge is 2.10. The number of hydrogen-bond acceptors (Lipinski definition) is 2. The normalized spacial score (nSPS) is 10.7. The van der Waals surface area contributed by atoms with Gasteiger partial charge in [-0.25, -0.2) is 4.39 Å². The molecule has 0 spiro atoms. The van der Waals surface area contributed by atoms with Crippen molar-refractivity contribution >= 4 is 31.9 Å². The lowest BCUT2D eigenvalue weighted by atomic mass is 10.1. The molecule has 112 valence electrons. The lowest BCUT2D eigenvalue weighted by molar-refractivity contribution is 0.301. The number of hydrogen-bond donors (Lipinski definition) is 1. The minimum atomic E-state index is -0.227. The zero-order valence-electron chi connectivity index (χ0n) is 11.8. The van der Waals surface area contributed by atoms with Crippen LogP contribution in [-0.4, -0.2) is 7.05 Å².